The Morgan fingerprint density at radius 3 is 2.70 bits per heavy atom. The number of hydrogen-bond acceptors (Lipinski definition) is 5. The quantitative estimate of drug-likeness (QED) is 0.825. The van der Waals surface area contributed by atoms with Crippen molar-refractivity contribution in [1.82, 2.24) is 5.32 Å². The Balaban J connectivity index is 1.80. The zero-order chi connectivity index (χ0) is 14.6. The molecule has 0 aromatic carbocycles. The Morgan fingerprint density at radius 1 is 1.40 bits per heavy atom. The fourth-order valence-corrected chi connectivity index (χ4v) is 3.81. The topological polar surface area (TPSA) is 98.5 Å². The van der Waals surface area contributed by atoms with Crippen molar-refractivity contribution < 1.29 is 17.9 Å². The average molecular weight is 318 g/mol. The SMILES string of the molecule is NS(=O)(=O)c1ccc(CC(=O)NCC2CCOCC2)s1. The molecule has 0 spiro atoms. The van der Waals surface area contributed by atoms with Crippen LogP contribution in [0.5, 0.6) is 0 Å². The lowest BCUT2D eigenvalue weighted by Gasteiger charge is -2.22. The number of ether oxygens (including phenoxy) is 1. The van der Waals surface area contributed by atoms with E-state index in [2.05, 4.69) is 5.32 Å². The van der Waals surface area contributed by atoms with Crippen LogP contribution >= 0.6 is 11.3 Å². The number of nitrogens with one attached hydrogen (secondary N) is 1. The van der Waals surface area contributed by atoms with Crippen LogP contribution in [0.15, 0.2) is 16.3 Å². The van der Waals surface area contributed by atoms with Crippen LogP contribution in [0.2, 0.25) is 0 Å². The van der Waals surface area contributed by atoms with Crippen LogP contribution in [-0.4, -0.2) is 34.1 Å². The molecule has 0 aliphatic carbocycles. The zero-order valence-corrected chi connectivity index (χ0v) is 12.6. The highest BCUT2D eigenvalue weighted by molar-refractivity contribution is 7.91. The second-order valence-corrected chi connectivity index (χ2v) is 7.76. The van der Waals surface area contributed by atoms with E-state index in [1.807, 2.05) is 0 Å². The highest BCUT2D eigenvalue weighted by Crippen LogP contribution is 2.20. The molecule has 0 bridgehead atoms. The third kappa shape index (κ3) is 4.55. The van der Waals surface area contributed by atoms with Crippen LogP contribution in [0.4, 0.5) is 0 Å². The Hall–Kier alpha value is -0.960. The van der Waals surface area contributed by atoms with E-state index >= 15 is 0 Å². The average Bonchev–Trinajstić information content (AvgIpc) is 2.86. The molecule has 2 heterocycles. The van der Waals surface area contributed by atoms with Gasteiger partial charge < -0.3 is 10.1 Å². The maximum atomic E-state index is 11.8. The number of hydrogen-bond donors (Lipinski definition) is 2. The minimum absolute atomic E-state index is 0.0877. The zero-order valence-electron chi connectivity index (χ0n) is 11.0. The molecule has 8 heteroatoms. The maximum Gasteiger partial charge on any atom is 0.247 e. The normalized spacial score (nSPS) is 17.1. The summed E-state index contributed by atoms with van der Waals surface area (Å²) in [7, 11) is -3.67. The van der Waals surface area contributed by atoms with Gasteiger partial charge in [-0.15, -0.1) is 11.3 Å². The monoisotopic (exact) mass is 318 g/mol. The van der Waals surface area contributed by atoms with Gasteiger partial charge in [0.25, 0.3) is 0 Å². The summed E-state index contributed by atoms with van der Waals surface area (Å²) in [5.41, 5.74) is 0. The van der Waals surface area contributed by atoms with Crippen molar-refractivity contribution in [3.63, 3.8) is 0 Å². The molecular formula is C12H18N2O4S2. The number of primary sulfonamides is 1. The molecule has 0 atom stereocenters. The Kier molecular flexibility index (Phi) is 5.14. The van der Waals surface area contributed by atoms with Crippen LogP contribution in [0.25, 0.3) is 0 Å². The number of amides is 1. The summed E-state index contributed by atoms with van der Waals surface area (Å²) in [4.78, 5) is 12.5. The van der Waals surface area contributed by atoms with Gasteiger partial charge in [-0.05, 0) is 30.9 Å². The molecule has 20 heavy (non-hydrogen) atoms. The molecule has 6 nitrogen and oxygen atoms in total. The van der Waals surface area contributed by atoms with Gasteiger partial charge in [-0.3, -0.25) is 4.79 Å². The van der Waals surface area contributed by atoms with Crippen molar-refractivity contribution in [1.29, 1.82) is 0 Å². The number of thiophene rings is 1. The van der Waals surface area contributed by atoms with E-state index in [-0.39, 0.29) is 16.5 Å². The predicted octanol–water partition coefficient (Wildman–Crippen LogP) is 0.481. The second kappa shape index (κ2) is 6.66. The molecule has 1 fully saturated rings. The minimum Gasteiger partial charge on any atom is -0.381 e. The summed E-state index contributed by atoms with van der Waals surface area (Å²) in [6, 6.07) is 3.06. The maximum absolute atomic E-state index is 11.8. The van der Waals surface area contributed by atoms with E-state index in [4.69, 9.17) is 9.88 Å². The summed E-state index contributed by atoms with van der Waals surface area (Å²) in [6.45, 7) is 2.15. The highest BCUT2D eigenvalue weighted by atomic mass is 32.2. The highest BCUT2D eigenvalue weighted by Gasteiger charge is 2.16. The van der Waals surface area contributed by atoms with Gasteiger partial charge in [0.15, 0.2) is 0 Å². The van der Waals surface area contributed by atoms with E-state index in [0.29, 0.717) is 17.3 Å². The molecule has 0 unspecified atom stereocenters. The molecule has 1 aliphatic heterocycles. The minimum atomic E-state index is -3.67. The fourth-order valence-electron chi connectivity index (χ4n) is 2.04. The van der Waals surface area contributed by atoms with Crippen molar-refractivity contribution in [2.24, 2.45) is 11.1 Å². The van der Waals surface area contributed by atoms with Gasteiger partial charge in [0.1, 0.15) is 4.21 Å². The van der Waals surface area contributed by atoms with E-state index < -0.39 is 10.0 Å². The van der Waals surface area contributed by atoms with Crippen molar-refractivity contribution in [3.05, 3.63) is 17.0 Å². The Morgan fingerprint density at radius 2 is 2.10 bits per heavy atom. The van der Waals surface area contributed by atoms with Gasteiger partial charge in [-0.25, -0.2) is 13.6 Å². The van der Waals surface area contributed by atoms with E-state index in [1.54, 1.807) is 6.07 Å². The van der Waals surface area contributed by atoms with Crippen LogP contribution in [0.1, 0.15) is 17.7 Å². The first-order valence-corrected chi connectivity index (χ1v) is 8.77. The smallest absolute Gasteiger partial charge is 0.247 e. The van der Waals surface area contributed by atoms with Crippen LogP contribution in [0.3, 0.4) is 0 Å². The summed E-state index contributed by atoms with van der Waals surface area (Å²) in [6.07, 6.45) is 2.12. The summed E-state index contributed by atoms with van der Waals surface area (Å²) >= 11 is 1.04. The lowest BCUT2D eigenvalue weighted by Crippen LogP contribution is -2.32. The largest absolute Gasteiger partial charge is 0.381 e. The molecule has 1 aliphatic rings. The van der Waals surface area contributed by atoms with Crippen LogP contribution < -0.4 is 10.5 Å². The first-order valence-electron chi connectivity index (χ1n) is 6.41. The summed E-state index contributed by atoms with van der Waals surface area (Å²) in [5.74, 6) is 0.371. The molecule has 0 radical (unpaired) electrons. The van der Waals surface area contributed by atoms with E-state index in [9.17, 15) is 13.2 Å². The number of sulfonamides is 1. The molecule has 3 N–H and O–H groups in total. The number of nitrogens with two attached hydrogens (primary N) is 1. The Bertz CT molecular complexity index is 562. The molecule has 0 saturated carbocycles. The van der Waals surface area contributed by atoms with Gasteiger partial charge >= 0.3 is 0 Å². The lowest BCUT2D eigenvalue weighted by atomic mass is 10.0. The number of carbonyl (C=O) groups excluding carboxylic acids is 1. The molecule has 1 aromatic heterocycles. The summed E-state index contributed by atoms with van der Waals surface area (Å²) in [5, 5.41) is 7.91. The van der Waals surface area contributed by atoms with Crippen molar-refractivity contribution in [2.75, 3.05) is 19.8 Å². The number of carbonyl (C=O) groups is 1. The molecule has 1 saturated heterocycles. The van der Waals surface area contributed by atoms with Gasteiger partial charge in [0.2, 0.25) is 15.9 Å². The van der Waals surface area contributed by atoms with Crippen molar-refractivity contribution >= 4 is 27.3 Å². The third-order valence-electron chi connectivity index (χ3n) is 3.18. The first-order chi connectivity index (χ1) is 9.45. The Labute approximate surface area is 122 Å². The third-order valence-corrected chi connectivity index (χ3v) is 5.70. The summed E-state index contributed by atoms with van der Waals surface area (Å²) < 4.78 is 27.6. The second-order valence-electron chi connectivity index (χ2n) is 4.80. The first kappa shape index (κ1) is 15.4. The van der Waals surface area contributed by atoms with Crippen molar-refractivity contribution in [3.8, 4) is 0 Å². The lowest BCUT2D eigenvalue weighted by molar-refractivity contribution is -0.120. The van der Waals surface area contributed by atoms with E-state index in [1.165, 1.54) is 6.07 Å². The van der Waals surface area contributed by atoms with Crippen molar-refractivity contribution in [2.45, 2.75) is 23.5 Å². The van der Waals surface area contributed by atoms with Gasteiger partial charge in [-0.1, -0.05) is 0 Å². The van der Waals surface area contributed by atoms with Gasteiger partial charge in [-0.2, -0.15) is 0 Å². The van der Waals surface area contributed by atoms with Crippen LogP contribution in [-0.2, 0) is 26.0 Å². The molecular weight excluding hydrogens is 300 g/mol. The number of rotatable bonds is 5. The predicted molar refractivity (Wildman–Crippen MR) is 75.9 cm³/mol. The molecule has 112 valence electrons. The van der Waals surface area contributed by atoms with E-state index in [0.717, 1.165) is 37.4 Å². The van der Waals surface area contributed by atoms with Gasteiger partial charge in [0, 0.05) is 24.6 Å². The molecule has 1 aromatic rings. The van der Waals surface area contributed by atoms with Crippen LogP contribution in [0, 0.1) is 5.92 Å². The molecule has 2 rings (SSSR count). The molecule has 1 amide bonds. The van der Waals surface area contributed by atoms with Gasteiger partial charge in [0.05, 0.1) is 6.42 Å². The fraction of sp³-hybridized carbons (Fsp3) is 0.583. The standard InChI is InChI=1S/C12H18N2O4S2/c13-20(16,17)12-2-1-10(19-12)7-11(15)14-8-9-3-5-18-6-4-9/h1-2,9H,3-8H2,(H,14,15)(H2,13,16,17).